The average molecular weight is 521 g/mol. The molecule has 2 heterocycles. The molecule has 2 saturated carbocycles. The lowest BCUT2D eigenvalue weighted by molar-refractivity contribution is 0.0506. The van der Waals surface area contributed by atoms with Crippen molar-refractivity contribution in [3.05, 3.63) is 35.4 Å². The van der Waals surface area contributed by atoms with Crippen LogP contribution in [0.25, 0.3) is 0 Å². The van der Waals surface area contributed by atoms with Crippen molar-refractivity contribution in [3.8, 4) is 0 Å². The summed E-state index contributed by atoms with van der Waals surface area (Å²) in [6.07, 6.45) is 19.1. The third-order valence-corrected chi connectivity index (χ3v) is 12.4. The molecule has 0 amide bonds. The molecule has 1 aromatic carbocycles. The number of hydrogen-bond donors (Lipinski definition) is 2. The van der Waals surface area contributed by atoms with Crippen LogP contribution in [-0.2, 0) is 12.8 Å². The summed E-state index contributed by atoms with van der Waals surface area (Å²) in [6, 6.07) is 11.3. The van der Waals surface area contributed by atoms with E-state index in [9.17, 15) is 0 Å². The van der Waals surface area contributed by atoms with Crippen molar-refractivity contribution in [1.29, 1.82) is 0 Å². The minimum Gasteiger partial charge on any atom is -0.308 e. The lowest BCUT2D eigenvalue weighted by Gasteiger charge is -2.51. The lowest BCUT2D eigenvalue weighted by atomic mass is 9.64. The summed E-state index contributed by atoms with van der Waals surface area (Å²) in [6.45, 7) is 14.7. The fourth-order valence-electron chi connectivity index (χ4n) is 9.58. The molecule has 2 N–H and O–H groups in total. The van der Waals surface area contributed by atoms with Crippen molar-refractivity contribution in [2.75, 3.05) is 0 Å². The Morgan fingerprint density at radius 1 is 0.658 bits per heavy atom. The van der Waals surface area contributed by atoms with Gasteiger partial charge in [-0.05, 0) is 150 Å². The molecule has 0 radical (unpaired) electrons. The first kappa shape index (κ1) is 28.7. The highest BCUT2D eigenvalue weighted by atomic mass is 15.0. The molecule has 0 aromatic heterocycles. The van der Waals surface area contributed by atoms with Gasteiger partial charge in [-0.3, -0.25) is 0 Å². The summed E-state index contributed by atoms with van der Waals surface area (Å²) in [7, 11) is 0. The van der Waals surface area contributed by atoms with Crippen molar-refractivity contribution in [2.45, 2.75) is 155 Å². The summed E-state index contributed by atoms with van der Waals surface area (Å²) >= 11 is 0. The normalized spacial score (nSPS) is 43.3. The van der Waals surface area contributed by atoms with Gasteiger partial charge >= 0.3 is 0 Å². The Bertz CT molecular complexity index is 820. The minimum absolute atomic E-state index is 0.372. The fraction of sp³-hybridized carbons (Fsp3) is 0.833. The van der Waals surface area contributed by atoms with Crippen LogP contribution in [0.2, 0.25) is 0 Å². The third-order valence-electron chi connectivity index (χ3n) is 12.4. The molecule has 4 aliphatic rings. The van der Waals surface area contributed by atoms with E-state index < -0.39 is 0 Å². The Morgan fingerprint density at radius 3 is 1.42 bits per heavy atom. The molecule has 2 saturated heterocycles. The Balaban J connectivity index is 1.05. The Morgan fingerprint density at radius 2 is 1.05 bits per heavy atom. The molecule has 5 rings (SSSR count). The number of rotatable bonds is 8. The highest BCUT2D eigenvalue weighted by Gasteiger charge is 2.44. The summed E-state index contributed by atoms with van der Waals surface area (Å²) in [5.74, 6) is 5.39. The van der Waals surface area contributed by atoms with Gasteiger partial charge in [-0.1, -0.05) is 52.0 Å². The number of aryl methyl sites for hydroxylation is 2. The van der Waals surface area contributed by atoms with E-state index in [1.165, 1.54) is 89.9 Å². The molecular formula is C36H60N2. The fourth-order valence-corrected chi connectivity index (χ4v) is 9.58. The molecule has 4 fully saturated rings. The Hall–Kier alpha value is -0.860. The van der Waals surface area contributed by atoms with E-state index in [4.69, 9.17) is 0 Å². The van der Waals surface area contributed by atoms with E-state index in [0.29, 0.717) is 11.1 Å². The van der Waals surface area contributed by atoms with Crippen molar-refractivity contribution >= 4 is 0 Å². The minimum atomic E-state index is 0.372. The molecule has 2 nitrogen and oxygen atoms in total. The zero-order valence-electron chi connectivity index (χ0n) is 25.8. The second-order valence-corrected chi connectivity index (χ2v) is 15.3. The van der Waals surface area contributed by atoms with Crippen molar-refractivity contribution in [2.24, 2.45) is 35.5 Å². The van der Waals surface area contributed by atoms with E-state index in [1.54, 1.807) is 11.1 Å². The standard InChI is InChI=1S/C36H60N2/c1-7-35(5)23-25(3)31-21-29(17-19-33(31)37-35)15-13-27-9-11-28(12-10-27)14-16-30-18-20-34-32(22-30)26(4)24-36(6,8-2)38-34/h9-12,25-26,29-34,37-38H,7-8,13-24H2,1-6H3. The highest BCUT2D eigenvalue weighted by Crippen LogP contribution is 2.45. The van der Waals surface area contributed by atoms with Crippen molar-refractivity contribution in [3.63, 3.8) is 0 Å². The highest BCUT2D eigenvalue weighted by molar-refractivity contribution is 5.23. The van der Waals surface area contributed by atoms with Gasteiger partial charge in [-0.2, -0.15) is 0 Å². The van der Waals surface area contributed by atoms with Gasteiger partial charge in [0, 0.05) is 23.2 Å². The maximum atomic E-state index is 4.07. The van der Waals surface area contributed by atoms with Gasteiger partial charge in [0.1, 0.15) is 0 Å². The quantitative estimate of drug-likeness (QED) is 0.358. The molecule has 2 aliphatic heterocycles. The predicted molar refractivity (Wildman–Crippen MR) is 164 cm³/mol. The van der Waals surface area contributed by atoms with Gasteiger partial charge in [-0.15, -0.1) is 0 Å². The van der Waals surface area contributed by atoms with Crippen molar-refractivity contribution in [1.82, 2.24) is 10.6 Å². The van der Waals surface area contributed by atoms with Crippen LogP contribution in [0.1, 0.15) is 130 Å². The Kier molecular flexibility index (Phi) is 9.00. The smallest absolute Gasteiger partial charge is 0.0156 e. The number of benzene rings is 1. The van der Waals surface area contributed by atoms with Gasteiger partial charge < -0.3 is 10.6 Å². The zero-order chi connectivity index (χ0) is 26.9. The summed E-state index contributed by atoms with van der Waals surface area (Å²) in [5.41, 5.74) is 3.87. The van der Waals surface area contributed by atoms with Crippen LogP contribution in [-0.4, -0.2) is 23.2 Å². The Labute approximate surface area is 235 Å². The van der Waals surface area contributed by atoms with Crippen molar-refractivity contribution < 1.29 is 0 Å². The SMILES string of the molecule is CCC1(C)CC(C)C2CC(CCc3ccc(CCC4CCC5NC(C)(CC)CC(C)C5C4)cc3)CCC2N1. The van der Waals surface area contributed by atoms with Gasteiger partial charge in [0.2, 0.25) is 0 Å². The van der Waals surface area contributed by atoms with E-state index in [1.807, 2.05) is 0 Å². The van der Waals surface area contributed by atoms with E-state index in [-0.39, 0.29) is 0 Å². The molecule has 2 heteroatoms. The van der Waals surface area contributed by atoms with Crippen LogP contribution < -0.4 is 10.6 Å². The van der Waals surface area contributed by atoms with Gasteiger partial charge in [-0.25, -0.2) is 0 Å². The van der Waals surface area contributed by atoms with E-state index >= 15 is 0 Å². The molecule has 2 aliphatic carbocycles. The molecular weight excluding hydrogens is 460 g/mol. The molecule has 214 valence electrons. The first-order chi connectivity index (χ1) is 18.2. The number of piperidine rings is 2. The second-order valence-electron chi connectivity index (χ2n) is 15.3. The molecule has 1 aromatic rings. The zero-order valence-corrected chi connectivity index (χ0v) is 25.8. The van der Waals surface area contributed by atoms with Crippen LogP contribution in [0.5, 0.6) is 0 Å². The van der Waals surface area contributed by atoms with Gasteiger partial charge in [0.25, 0.3) is 0 Å². The van der Waals surface area contributed by atoms with Crippen LogP contribution in [0.3, 0.4) is 0 Å². The molecule has 38 heavy (non-hydrogen) atoms. The van der Waals surface area contributed by atoms with Gasteiger partial charge in [0.15, 0.2) is 0 Å². The largest absolute Gasteiger partial charge is 0.308 e. The van der Waals surface area contributed by atoms with Crippen LogP contribution in [0.15, 0.2) is 24.3 Å². The third kappa shape index (κ3) is 6.54. The van der Waals surface area contributed by atoms with E-state index in [2.05, 4.69) is 76.4 Å². The van der Waals surface area contributed by atoms with E-state index in [0.717, 1.165) is 47.6 Å². The number of hydrogen-bond acceptors (Lipinski definition) is 2. The number of nitrogens with one attached hydrogen (secondary N) is 2. The summed E-state index contributed by atoms with van der Waals surface area (Å²) in [4.78, 5) is 0. The maximum Gasteiger partial charge on any atom is 0.0156 e. The topological polar surface area (TPSA) is 24.1 Å². The van der Waals surface area contributed by atoms with Crippen LogP contribution in [0, 0.1) is 35.5 Å². The first-order valence-corrected chi connectivity index (χ1v) is 16.8. The first-order valence-electron chi connectivity index (χ1n) is 16.8. The molecule has 10 unspecified atom stereocenters. The molecule has 10 atom stereocenters. The summed E-state index contributed by atoms with van der Waals surface area (Å²) < 4.78 is 0. The molecule has 0 spiro atoms. The predicted octanol–water partition coefficient (Wildman–Crippen LogP) is 8.72. The number of fused-ring (bicyclic) bond motifs is 2. The lowest BCUT2D eigenvalue weighted by Crippen LogP contribution is -2.59. The van der Waals surface area contributed by atoms with Gasteiger partial charge in [0.05, 0.1) is 0 Å². The van der Waals surface area contributed by atoms with Crippen LogP contribution >= 0.6 is 0 Å². The average Bonchev–Trinajstić information content (AvgIpc) is 2.91. The maximum absolute atomic E-state index is 4.07. The monoisotopic (exact) mass is 520 g/mol. The second kappa shape index (κ2) is 11.9. The molecule has 0 bridgehead atoms. The van der Waals surface area contributed by atoms with Crippen LogP contribution in [0.4, 0.5) is 0 Å². The summed E-state index contributed by atoms with van der Waals surface area (Å²) in [5, 5.41) is 8.13.